The van der Waals surface area contributed by atoms with E-state index in [4.69, 9.17) is 5.73 Å². The van der Waals surface area contributed by atoms with Crippen LogP contribution in [0.4, 0.5) is 11.6 Å². The second-order valence-corrected chi connectivity index (χ2v) is 4.14. The summed E-state index contributed by atoms with van der Waals surface area (Å²) in [7, 11) is 0. The highest BCUT2D eigenvalue weighted by Gasteiger charge is 2.24. The Balaban J connectivity index is 2.26. The van der Waals surface area contributed by atoms with Gasteiger partial charge in [-0.05, 0) is 6.42 Å². The lowest BCUT2D eigenvalue weighted by Gasteiger charge is -2.26. The topological polar surface area (TPSA) is 101 Å². The van der Waals surface area contributed by atoms with E-state index in [9.17, 15) is 9.59 Å². The first-order valence-electron chi connectivity index (χ1n) is 5.79. The second kappa shape index (κ2) is 4.99. The summed E-state index contributed by atoms with van der Waals surface area (Å²) in [4.78, 5) is 32.6. The number of hydrogen-bond donors (Lipinski definition) is 2. The lowest BCUT2D eigenvalue weighted by molar-refractivity contribution is -0.130. The number of nitrogens with zero attached hydrogens (tertiary/aromatic N) is 3. The van der Waals surface area contributed by atoms with Crippen molar-refractivity contribution in [2.24, 2.45) is 0 Å². The van der Waals surface area contributed by atoms with Gasteiger partial charge < -0.3 is 10.6 Å². The molecule has 1 aromatic rings. The van der Waals surface area contributed by atoms with Crippen LogP contribution in [-0.4, -0.2) is 34.9 Å². The van der Waals surface area contributed by atoms with Crippen LogP contribution in [-0.2, 0) is 16.0 Å². The predicted molar refractivity (Wildman–Crippen MR) is 65.8 cm³/mol. The summed E-state index contributed by atoms with van der Waals surface area (Å²) in [5.41, 5.74) is 5.70. The molecule has 1 aliphatic rings. The molecular weight excluding hydrogens is 234 g/mol. The number of anilines is 2. The third-order valence-electron chi connectivity index (χ3n) is 2.52. The average Bonchev–Trinajstić information content (AvgIpc) is 2.27. The number of aryl methyl sites for hydroxylation is 1. The number of amides is 2. The second-order valence-electron chi connectivity index (χ2n) is 4.14. The van der Waals surface area contributed by atoms with E-state index in [1.165, 1.54) is 0 Å². The van der Waals surface area contributed by atoms with Crippen LogP contribution in [0.1, 0.15) is 19.2 Å². The van der Waals surface area contributed by atoms with Crippen LogP contribution in [0.5, 0.6) is 0 Å². The van der Waals surface area contributed by atoms with E-state index in [0.29, 0.717) is 23.9 Å². The summed E-state index contributed by atoms with van der Waals surface area (Å²) in [6.07, 6.45) is 1.62. The molecule has 18 heavy (non-hydrogen) atoms. The van der Waals surface area contributed by atoms with Crippen molar-refractivity contribution in [3.63, 3.8) is 0 Å². The van der Waals surface area contributed by atoms with Gasteiger partial charge in [0.15, 0.2) is 0 Å². The van der Waals surface area contributed by atoms with Crippen LogP contribution in [0.15, 0.2) is 6.07 Å². The Bertz CT molecular complexity index is 472. The summed E-state index contributed by atoms with van der Waals surface area (Å²) in [6.45, 7) is 2.23. The molecule has 0 aliphatic carbocycles. The van der Waals surface area contributed by atoms with Crippen LogP contribution < -0.4 is 16.0 Å². The molecule has 0 radical (unpaired) electrons. The number of hydrogen-bond acceptors (Lipinski definition) is 6. The maximum atomic E-state index is 11.3. The first-order valence-corrected chi connectivity index (χ1v) is 5.79. The summed E-state index contributed by atoms with van der Waals surface area (Å²) < 4.78 is 0. The van der Waals surface area contributed by atoms with Gasteiger partial charge in [0.1, 0.15) is 17.5 Å². The van der Waals surface area contributed by atoms with Crippen molar-refractivity contribution in [2.45, 2.75) is 19.8 Å². The highest BCUT2D eigenvalue weighted by atomic mass is 16.2. The molecule has 7 heteroatoms. The molecule has 2 amide bonds. The molecule has 2 heterocycles. The summed E-state index contributed by atoms with van der Waals surface area (Å²) in [5, 5.41) is 2.24. The van der Waals surface area contributed by atoms with Crippen LogP contribution in [0.3, 0.4) is 0 Å². The minimum absolute atomic E-state index is 0.105. The van der Waals surface area contributed by atoms with Gasteiger partial charge in [-0.15, -0.1) is 0 Å². The number of carbonyl (C=O) groups excluding carboxylic acids is 2. The van der Waals surface area contributed by atoms with E-state index >= 15 is 0 Å². The molecule has 0 unspecified atom stereocenters. The molecule has 0 spiro atoms. The minimum Gasteiger partial charge on any atom is -0.384 e. The normalized spacial score (nSPS) is 15.7. The SMILES string of the molecule is CCCc1nc(N)cc(N2CC(=O)NC(=O)C2)n1. The van der Waals surface area contributed by atoms with Gasteiger partial charge >= 0.3 is 0 Å². The lowest BCUT2D eigenvalue weighted by Crippen LogP contribution is -2.51. The zero-order valence-corrected chi connectivity index (χ0v) is 10.1. The molecular formula is C11H15N5O2. The fourth-order valence-electron chi connectivity index (χ4n) is 1.80. The largest absolute Gasteiger partial charge is 0.384 e. The molecule has 1 aliphatic heterocycles. The van der Waals surface area contributed by atoms with E-state index in [1.54, 1.807) is 11.0 Å². The summed E-state index contributed by atoms with van der Waals surface area (Å²) in [5.74, 6) is 0.836. The standard InChI is InChI=1S/C11H15N5O2/c1-2-3-8-13-7(12)4-9(14-8)16-5-10(17)15-11(18)6-16/h4H,2-3,5-6H2,1H3,(H2,12,13,14)(H,15,17,18). The quantitative estimate of drug-likeness (QED) is 0.699. The Hall–Kier alpha value is -2.18. The van der Waals surface area contributed by atoms with Gasteiger partial charge in [-0.3, -0.25) is 14.9 Å². The van der Waals surface area contributed by atoms with E-state index in [-0.39, 0.29) is 24.9 Å². The molecule has 96 valence electrons. The average molecular weight is 249 g/mol. The Morgan fingerprint density at radius 3 is 2.61 bits per heavy atom. The zero-order chi connectivity index (χ0) is 13.1. The van der Waals surface area contributed by atoms with Crippen LogP contribution >= 0.6 is 0 Å². The number of imide groups is 1. The van der Waals surface area contributed by atoms with Gasteiger partial charge in [0.2, 0.25) is 11.8 Å². The van der Waals surface area contributed by atoms with Gasteiger partial charge in [0.05, 0.1) is 13.1 Å². The van der Waals surface area contributed by atoms with Gasteiger partial charge in [-0.1, -0.05) is 6.92 Å². The molecule has 0 atom stereocenters. The third kappa shape index (κ3) is 2.73. The maximum absolute atomic E-state index is 11.3. The molecule has 1 fully saturated rings. The first-order chi connectivity index (χ1) is 8.58. The number of nitrogens with two attached hydrogens (primary N) is 1. The number of aromatic nitrogens is 2. The van der Waals surface area contributed by atoms with Crippen LogP contribution in [0, 0.1) is 0 Å². The number of nitrogen functional groups attached to an aromatic ring is 1. The zero-order valence-electron chi connectivity index (χ0n) is 10.1. The van der Waals surface area contributed by atoms with Gasteiger partial charge in [-0.25, -0.2) is 9.97 Å². The smallest absolute Gasteiger partial charge is 0.246 e. The van der Waals surface area contributed by atoms with Crippen molar-refractivity contribution in [3.8, 4) is 0 Å². The van der Waals surface area contributed by atoms with E-state index < -0.39 is 0 Å². The predicted octanol–water partition coefficient (Wildman–Crippen LogP) is -0.526. The van der Waals surface area contributed by atoms with Gasteiger partial charge in [0, 0.05) is 12.5 Å². The van der Waals surface area contributed by atoms with Crippen molar-refractivity contribution in [1.82, 2.24) is 15.3 Å². The van der Waals surface area contributed by atoms with Gasteiger partial charge in [0.25, 0.3) is 0 Å². The molecule has 0 bridgehead atoms. The molecule has 1 aromatic heterocycles. The Labute approximate surface area is 104 Å². The number of piperazine rings is 1. The summed E-state index contributed by atoms with van der Waals surface area (Å²) in [6, 6.07) is 1.57. The fourth-order valence-corrected chi connectivity index (χ4v) is 1.80. The van der Waals surface area contributed by atoms with Crippen molar-refractivity contribution in [3.05, 3.63) is 11.9 Å². The Morgan fingerprint density at radius 1 is 1.33 bits per heavy atom. The number of carbonyl (C=O) groups is 2. The number of rotatable bonds is 3. The molecule has 0 aromatic carbocycles. The van der Waals surface area contributed by atoms with E-state index in [1.807, 2.05) is 6.92 Å². The van der Waals surface area contributed by atoms with Crippen molar-refractivity contribution in [2.75, 3.05) is 23.7 Å². The monoisotopic (exact) mass is 249 g/mol. The molecule has 1 saturated heterocycles. The van der Waals surface area contributed by atoms with Crippen LogP contribution in [0.2, 0.25) is 0 Å². The Morgan fingerprint density at radius 2 is 2.00 bits per heavy atom. The Kier molecular flexibility index (Phi) is 3.40. The fraction of sp³-hybridized carbons (Fsp3) is 0.455. The molecule has 3 N–H and O–H groups in total. The van der Waals surface area contributed by atoms with Crippen molar-refractivity contribution < 1.29 is 9.59 Å². The van der Waals surface area contributed by atoms with E-state index in [0.717, 1.165) is 6.42 Å². The highest BCUT2D eigenvalue weighted by molar-refractivity contribution is 6.02. The maximum Gasteiger partial charge on any atom is 0.246 e. The molecule has 0 saturated carbocycles. The van der Waals surface area contributed by atoms with Crippen molar-refractivity contribution >= 4 is 23.5 Å². The van der Waals surface area contributed by atoms with Crippen molar-refractivity contribution in [1.29, 1.82) is 0 Å². The molecule has 2 rings (SSSR count). The van der Waals surface area contributed by atoms with Crippen LogP contribution in [0.25, 0.3) is 0 Å². The lowest BCUT2D eigenvalue weighted by atomic mass is 10.3. The minimum atomic E-state index is -0.333. The highest BCUT2D eigenvalue weighted by Crippen LogP contribution is 2.15. The number of nitrogens with one attached hydrogen (secondary N) is 1. The van der Waals surface area contributed by atoms with E-state index in [2.05, 4.69) is 15.3 Å². The third-order valence-corrected chi connectivity index (χ3v) is 2.52. The van der Waals surface area contributed by atoms with Gasteiger partial charge in [-0.2, -0.15) is 0 Å². The summed E-state index contributed by atoms with van der Waals surface area (Å²) >= 11 is 0. The first kappa shape index (κ1) is 12.3. The molecule has 7 nitrogen and oxygen atoms in total.